The van der Waals surface area contributed by atoms with Crippen LogP contribution in [-0.2, 0) is 16.0 Å². The molecule has 0 saturated heterocycles. The first kappa shape index (κ1) is 20.3. The first-order valence-electron chi connectivity index (χ1n) is 8.81. The molecule has 4 nitrogen and oxygen atoms in total. The van der Waals surface area contributed by atoms with Gasteiger partial charge < -0.3 is 14.6 Å². The van der Waals surface area contributed by atoms with Crippen molar-refractivity contribution in [1.82, 2.24) is 0 Å². The first-order chi connectivity index (χ1) is 13.4. The fourth-order valence-electron chi connectivity index (χ4n) is 3.07. The van der Waals surface area contributed by atoms with Crippen molar-refractivity contribution < 1.29 is 28.2 Å². The normalized spacial score (nSPS) is 14.2. The first-order valence-corrected chi connectivity index (χ1v) is 9.19. The van der Waals surface area contributed by atoms with Crippen molar-refractivity contribution in [2.24, 2.45) is 0 Å². The van der Waals surface area contributed by atoms with E-state index in [0.29, 0.717) is 24.7 Å². The Kier molecular flexibility index (Phi) is 6.65. The van der Waals surface area contributed by atoms with Gasteiger partial charge in [-0.3, -0.25) is 4.79 Å². The molecule has 0 unspecified atom stereocenters. The topological polar surface area (TPSA) is 55.8 Å². The van der Waals surface area contributed by atoms with Gasteiger partial charge in [0.05, 0.1) is 13.2 Å². The quantitative estimate of drug-likeness (QED) is 0.708. The monoisotopic (exact) mass is 408 g/mol. The zero-order valence-corrected chi connectivity index (χ0v) is 15.8. The molecular formula is C21H19ClF2O4. The molecule has 148 valence electrons. The SMILES string of the molecule is O=C(O)CCc1cc(F)c(OCC2=C(c3ccc(Cl)cc3)CCOC2)c(F)c1. The molecule has 1 heterocycles. The van der Waals surface area contributed by atoms with Crippen LogP contribution in [-0.4, -0.2) is 30.9 Å². The predicted octanol–water partition coefficient (Wildman–Crippen LogP) is 4.89. The number of rotatable bonds is 7. The maximum absolute atomic E-state index is 14.3. The van der Waals surface area contributed by atoms with Crippen molar-refractivity contribution in [3.63, 3.8) is 0 Å². The summed E-state index contributed by atoms with van der Waals surface area (Å²) in [6.45, 7) is 0.862. The molecule has 1 aliphatic heterocycles. The van der Waals surface area contributed by atoms with Gasteiger partial charge in [0.1, 0.15) is 6.61 Å². The highest BCUT2D eigenvalue weighted by molar-refractivity contribution is 6.30. The molecule has 0 radical (unpaired) electrons. The van der Waals surface area contributed by atoms with Crippen LogP contribution < -0.4 is 4.74 Å². The zero-order chi connectivity index (χ0) is 20.1. The third-order valence-electron chi connectivity index (χ3n) is 4.47. The van der Waals surface area contributed by atoms with Crippen molar-refractivity contribution in [1.29, 1.82) is 0 Å². The summed E-state index contributed by atoms with van der Waals surface area (Å²) < 4.78 is 39.5. The van der Waals surface area contributed by atoms with Crippen LogP contribution in [0, 0.1) is 11.6 Å². The summed E-state index contributed by atoms with van der Waals surface area (Å²) in [5.74, 6) is -3.22. The van der Waals surface area contributed by atoms with Gasteiger partial charge in [-0.05, 0) is 59.4 Å². The van der Waals surface area contributed by atoms with Gasteiger partial charge >= 0.3 is 5.97 Å². The number of hydrogen-bond acceptors (Lipinski definition) is 3. The summed E-state index contributed by atoms with van der Waals surface area (Å²) in [5, 5.41) is 9.32. The van der Waals surface area contributed by atoms with Crippen LogP contribution in [0.1, 0.15) is 24.0 Å². The number of aliphatic carboxylic acids is 1. The van der Waals surface area contributed by atoms with E-state index in [0.717, 1.165) is 28.8 Å². The van der Waals surface area contributed by atoms with Crippen LogP contribution in [0.25, 0.3) is 5.57 Å². The minimum Gasteiger partial charge on any atom is -0.483 e. The number of aryl methyl sites for hydroxylation is 1. The molecule has 3 rings (SSSR count). The third-order valence-corrected chi connectivity index (χ3v) is 4.72. The van der Waals surface area contributed by atoms with Crippen LogP contribution in [0.4, 0.5) is 8.78 Å². The number of halogens is 3. The lowest BCUT2D eigenvalue weighted by Gasteiger charge is -2.22. The van der Waals surface area contributed by atoms with Crippen LogP contribution in [0.15, 0.2) is 42.0 Å². The molecule has 0 bridgehead atoms. The fraction of sp³-hybridized carbons (Fsp3) is 0.286. The van der Waals surface area contributed by atoms with Crippen molar-refractivity contribution in [3.05, 3.63) is 69.8 Å². The lowest BCUT2D eigenvalue weighted by atomic mass is 9.96. The third kappa shape index (κ3) is 5.09. The van der Waals surface area contributed by atoms with Crippen LogP contribution in [0.3, 0.4) is 0 Å². The Morgan fingerprint density at radius 2 is 1.86 bits per heavy atom. The van der Waals surface area contributed by atoms with E-state index in [-0.39, 0.29) is 25.0 Å². The lowest BCUT2D eigenvalue weighted by Crippen LogP contribution is -2.17. The second kappa shape index (κ2) is 9.17. The molecule has 7 heteroatoms. The van der Waals surface area contributed by atoms with Gasteiger partial charge in [0.25, 0.3) is 0 Å². The smallest absolute Gasteiger partial charge is 0.303 e. The largest absolute Gasteiger partial charge is 0.483 e. The highest BCUT2D eigenvalue weighted by Crippen LogP contribution is 2.29. The predicted molar refractivity (Wildman–Crippen MR) is 102 cm³/mol. The Labute approximate surface area is 166 Å². The molecule has 2 aromatic rings. The molecule has 0 saturated carbocycles. The maximum atomic E-state index is 14.3. The van der Waals surface area contributed by atoms with E-state index in [1.165, 1.54) is 0 Å². The van der Waals surface area contributed by atoms with E-state index in [1.54, 1.807) is 12.1 Å². The fourth-order valence-corrected chi connectivity index (χ4v) is 3.19. The van der Waals surface area contributed by atoms with Gasteiger partial charge in [0.15, 0.2) is 17.4 Å². The number of carboxylic acids is 1. The highest BCUT2D eigenvalue weighted by Gasteiger charge is 2.18. The molecule has 0 aliphatic carbocycles. The number of ether oxygens (including phenoxy) is 2. The second-order valence-corrected chi connectivity index (χ2v) is 6.90. The average Bonchev–Trinajstić information content (AvgIpc) is 2.67. The van der Waals surface area contributed by atoms with E-state index in [4.69, 9.17) is 26.2 Å². The minimum absolute atomic E-state index is 0.0136. The van der Waals surface area contributed by atoms with Crippen LogP contribution in [0.5, 0.6) is 5.75 Å². The van der Waals surface area contributed by atoms with Crippen molar-refractivity contribution in [3.8, 4) is 5.75 Å². The van der Waals surface area contributed by atoms with Crippen LogP contribution >= 0.6 is 11.6 Å². The Hall–Kier alpha value is -2.44. The van der Waals surface area contributed by atoms with Gasteiger partial charge in [0, 0.05) is 11.4 Å². The maximum Gasteiger partial charge on any atom is 0.303 e. The summed E-state index contributed by atoms with van der Waals surface area (Å²) >= 11 is 5.93. The molecule has 1 aliphatic rings. The van der Waals surface area contributed by atoms with Gasteiger partial charge in [-0.1, -0.05) is 23.7 Å². The Morgan fingerprint density at radius 3 is 2.50 bits per heavy atom. The average molecular weight is 409 g/mol. The molecule has 2 aromatic carbocycles. The van der Waals surface area contributed by atoms with Gasteiger partial charge in [-0.25, -0.2) is 8.78 Å². The number of hydrogen-bond donors (Lipinski definition) is 1. The van der Waals surface area contributed by atoms with Gasteiger partial charge in [0.2, 0.25) is 0 Å². The lowest BCUT2D eigenvalue weighted by molar-refractivity contribution is -0.136. The van der Waals surface area contributed by atoms with Gasteiger partial charge in [-0.2, -0.15) is 0 Å². The molecule has 0 amide bonds. The molecule has 0 aromatic heterocycles. The summed E-state index contributed by atoms with van der Waals surface area (Å²) in [4.78, 5) is 10.6. The Morgan fingerprint density at radius 1 is 1.18 bits per heavy atom. The van der Waals surface area contributed by atoms with E-state index in [9.17, 15) is 13.6 Å². The van der Waals surface area contributed by atoms with E-state index < -0.39 is 23.4 Å². The molecule has 28 heavy (non-hydrogen) atoms. The second-order valence-electron chi connectivity index (χ2n) is 6.46. The Bertz CT molecular complexity index is 871. The summed E-state index contributed by atoms with van der Waals surface area (Å²) in [6.07, 6.45) is 0.510. The Balaban J connectivity index is 1.77. The molecule has 0 spiro atoms. The molecule has 1 N–H and O–H groups in total. The molecule has 0 atom stereocenters. The number of carboxylic acid groups (broad SMARTS) is 1. The molecule has 0 fully saturated rings. The van der Waals surface area contributed by atoms with Crippen molar-refractivity contribution in [2.45, 2.75) is 19.3 Å². The number of carbonyl (C=O) groups is 1. The van der Waals surface area contributed by atoms with Gasteiger partial charge in [-0.15, -0.1) is 0 Å². The number of benzene rings is 2. The van der Waals surface area contributed by atoms with Crippen molar-refractivity contribution in [2.75, 3.05) is 19.8 Å². The zero-order valence-electron chi connectivity index (χ0n) is 15.0. The van der Waals surface area contributed by atoms with E-state index in [2.05, 4.69) is 0 Å². The van der Waals surface area contributed by atoms with E-state index >= 15 is 0 Å². The minimum atomic E-state index is -1.03. The molecular weight excluding hydrogens is 390 g/mol. The van der Waals surface area contributed by atoms with E-state index in [1.807, 2.05) is 12.1 Å². The highest BCUT2D eigenvalue weighted by atomic mass is 35.5. The van der Waals surface area contributed by atoms with Crippen LogP contribution in [0.2, 0.25) is 5.02 Å². The standard InChI is InChI=1S/C21H19ClF2O4/c22-16-4-2-14(3-5-16)17-7-8-27-11-15(17)12-28-21-18(23)9-13(10-19(21)24)1-6-20(25)26/h2-5,9-10H,1,6-8,11-12H2,(H,25,26). The van der Waals surface area contributed by atoms with Crippen molar-refractivity contribution >= 4 is 23.1 Å². The summed E-state index contributed by atoms with van der Waals surface area (Å²) in [7, 11) is 0. The summed E-state index contributed by atoms with van der Waals surface area (Å²) in [5.41, 5.74) is 3.06. The summed E-state index contributed by atoms with van der Waals surface area (Å²) in [6, 6.07) is 9.56.